The van der Waals surface area contributed by atoms with E-state index >= 15 is 0 Å². The number of benzene rings is 1. The number of aromatic amines is 2. The van der Waals surface area contributed by atoms with Gasteiger partial charge in [-0.1, -0.05) is 0 Å². The SMILES string of the molecule is C[C@@H](NC(=O)c1ccc2c(c1)OCO2)c1n[nH]c(=O)[nH]1. The highest BCUT2D eigenvalue weighted by molar-refractivity contribution is 5.95. The fourth-order valence-corrected chi connectivity index (χ4v) is 1.87. The normalized spacial score (nSPS) is 14.1. The molecule has 3 N–H and O–H groups in total. The number of nitrogens with zero attached hydrogens (tertiary/aromatic N) is 1. The molecule has 1 amide bonds. The topological polar surface area (TPSA) is 109 Å². The Morgan fingerprint density at radius 1 is 1.40 bits per heavy atom. The van der Waals surface area contributed by atoms with Crippen LogP contribution in [0, 0.1) is 0 Å². The molecule has 8 heteroatoms. The molecule has 20 heavy (non-hydrogen) atoms. The van der Waals surface area contributed by atoms with Crippen LogP contribution >= 0.6 is 0 Å². The Morgan fingerprint density at radius 2 is 2.20 bits per heavy atom. The molecule has 1 aromatic carbocycles. The van der Waals surface area contributed by atoms with Gasteiger partial charge in [0.15, 0.2) is 17.3 Å². The number of rotatable bonds is 3. The highest BCUT2D eigenvalue weighted by atomic mass is 16.7. The minimum Gasteiger partial charge on any atom is -0.454 e. The second-order valence-electron chi connectivity index (χ2n) is 4.33. The smallest absolute Gasteiger partial charge is 0.340 e. The van der Waals surface area contributed by atoms with Crippen molar-refractivity contribution in [2.24, 2.45) is 0 Å². The van der Waals surface area contributed by atoms with Crippen LogP contribution in [0.2, 0.25) is 0 Å². The van der Waals surface area contributed by atoms with Crippen LogP contribution in [-0.2, 0) is 0 Å². The minimum atomic E-state index is -0.424. The first-order valence-electron chi connectivity index (χ1n) is 5.98. The molecule has 2 aromatic rings. The Morgan fingerprint density at radius 3 is 2.95 bits per heavy atom. The highest BCUT2D eigenvalue weighted by Gasteiger charge is 2.18. The van der Waals surface area contributed by atoms with E-state index < -0.39 is 11.7 Å². The quantitative estimate of drug-likeness (QED) is 0.748. The van der Waals surface area contributed by atoms with E-state index in [1.54, 1.807) is 25.1 Å². The van der Waals surface area contributed by atoms with E-state index in [2.05, 4.69) is 20.5 Å². The number of hydrogen-bond donors (Lipinski definition) is 3. The van der Waals surface area contributed by atoms with Crippen molar-refractivity contribution in [3.63, 3.8) is 0 Å². The molecule has 0 bridgehead atoms. The highest BCUT2D eigenvalue weighted by Crippen LogP contribution is 2.32. The summed E-state index contributed by atoms with van der Waals surface area (Å²) in [6.07, 6.45) is 0. The van der Waals surface area contributed by atoms with Crippen LogP contribution in [0.25, 0.3) is 0 Å². The number of amides is 1. The van der Waals surface area contributed by atoms with Gasteiger partial charge in [-0.3, -0.25) is 9.78 Å². The lowest BCUT2D eigenvalue weighted by Crippen LogP contribution is -2.27. The number of carbonyl (C=O) groups excluding carboxylic acids is 1. The van der Waals surface area contributed by atoms with Crippen molar-refractivity contribution in [2.75, 3.05) is 6.79 Å². The van der Waals surface area contributed by atoms with Gasteiger partial charge in [-0.15, -0.1) is 0 Å². The van der Waals surface area contributed by atoms with Gasteiger partial charge in [0, 0.05) is 5.56 Å². The predicted molar refractivity (Wildman–Crippen MR) is 67.7 cm³/mol. The summed E-state index contributed by atoms with van der Waals surface area (Å²) in [6.45, 7) is 1.88. The number of fused-ring (bicyclic) bond motifs is 1. The number of hydrogen-bond acceptors (Lipinski definition) is 5. The maximum absolute atomic E-state index is 12.1. The van der Waals surface area contributed by atoms with Crippen LogP contribution in [0.3, 0.4) is 0 Å². The molecular weight excluding hydrogens is 264 g/mol. The molecule has 0 aliphatic carbocycles. The van der Waals surface area contributed by atoms with Crippen molar-refractivity contribution in [3.05, 3.63) is 40.1 Å². The van der Waals surface area contributed by atoms with Crippen LogP contribution in [0.1, 0.15) is 29.1 Å². The van der Waals surface area contributed by atoms with Crippen LogP contribution in [0.5, 0.6) is 11.5 Å². The van der Waals surface area contributed by atoms with Gasteiger partial charge in [-0.05, 0) is 25.1 Å². The first-order chi connectivity index (χ1) is 9.63. The number of ether oxygens (including phenoxy) is 2. The third kappa shape index (κ3) is 2.22. The Bertz CT molecular complexity index is 705. The summed E-state index contributed by atoms with van der Waals surface area (Å²) in [5, 5.41) is 8.74. The van der Waals surface area contributed by atoms with Gasteiger partial charge in [0.05, 0.1) is 6.04 Å². The largest absolute Gasteiger partial charge is 0.454 e. The number of aromatic nitrogens is 3. The molecule has 3 rings (SSSR count). The Hall–Kier alpha value is -2.77. The second kappa shape index (κ2) is 4.72. The number of nitrogens with one attached hydrogen (secondary N) is 3. The van der Waals surface area contributed by atoms with Crippen LogP contribution in [0.4, 0.5) is 0 Å². The predicted octanol–water partition coefficient (Wildman–Crippen LogP) is 0.318. The summed E-state index contributed by atoms with van der Waals surface area (Å²) in [4.78, 5) is 25.6. The third-order valence-corrected chi connectivity index (χ3v) is 2.91. The van der Waals surface area contributed by atoms with Gasteiger partial charge < -0.3 is 14.8 Å². The Labute approximate surface area is 113 Å². The van der Waals surface area contributed by atoms with Gasteiger partial charge in [0.2, 0.25) is 6.79 Å². The zero-order valence-corrected chi connectivity index (χ0v) is 10.6. The van der Waals surface area contributed by atoms with E-state index in [0.717, 1.165) is 0 Å². The van der Waals surface area contributed by atoms with E-state index in [1.807, 2.05) is 0 Å². The maximum atomic E-state index is 12.1. The average Bonchev–Trinajstić information content (AvgIpc) is 3.05. The van der Waals surface area contributed by atoms with E-state index in [1.165, 1.54) is 0 Å². The van der Waals surface area contributed by atoms with E-state index in [4.69, 9.17) is 9.47 Å². The molecular formula is C12H12N4O4. The van der Waals surface area contributed by atoms with Crippen molar-refractivity contribution in [2.45, 2.75) is 13.0 Å². The monoisotopic (exact) mass is 276 g/mol. The molecule has 1 aliphatic rings. The minimum absolute atomic E-state index is 0.158. The molecule has 104 valence electrons. The maximum Gasteiger partial charge on any atom is 0.340 e. The zero-order chi connectivity index (χ0) is 14.1. The standard InChI is InChI=1S/C12H12N4O4/c1-6(10-14-12(18)16-15-10)13-11(17)7-2-3-8-9(4-7)20-5-19-8/h2-4,6H,5H2,1H3,(H,13,17)(H2,14,15,16,18)/t6-/m1/s1. The summed E-state index contributed by atoms with van der Waals surface area (Å²) in [5.74, 6) is 1.23. The van der Waals surface area contributed by atoms with Crippen molar-refractivity contribution < 1.29 is 14.3 Å². The van der Waals surface area contributed by atoms with Crippen molar-refractivity contribution in [1.29, 1.82) is 0 Å². The van der Waals surface area contributed by atoms with Gasteiger partial charge in [-0.25, -0.2) is 9.89 Å². The summed E-state index contributed by atoms with van der Waals surface area (Å²) in [5.41, 5.74) is 0.0307. The van der Waals surface area contributed by atoms with Crippen LogP contribution in [-0.4, -0.2) is 27.9 Å². The van der Waals surface area contributed by atoms with E-state index in [-0.39, 0.29) is 12.7 Å². The molecule has 0 saturated carbocycles. The summed E-state index contributed by atoms with van der Waals surface area (Å²) >= 11 is 0. The molecule has 1 atom stereocenters. The Balaban J connectivity index is 1.74. The molecule has 0 radical (unpaired) electrons. The molecule has 0 fully saturated rings. The molecule has 0 saturated heterocycles. The Kier molecular flexibility index (Phi) is 2.90. The molecule has 1 aromatic heterocycles. The lowest BCUT2D eigenvalue weighted by molar-refractivity contribution is 0.0938. The van der Waals surface area contributed by atoms with Crippen molar-refractivity contribution in [3.8, 4) is 11.5 Å². The van der Waals surface area contributed by atoms with Gasteiger partial charge in [-0.2, -0.15) is 5.10 Å². The lowest BCUT2D eigenvalue weighted by Gasteiger charge is -2.11. The van der Waals surface area contributed by atoms with Gasteiger partial charge in [0.25, 0.3) is 5.91 Å². The van der Waals surface area contributed by atoms with Gasteiger partial charge >= 0.3 is 5.69 Å². The first-order valence-corrected chi connectivity index (χ1v) is 5.98. The van der Waals surface area contributed by atoms with E-state index in [9.17, 15) is 9.59 Å². The van der Waals surface area contributed by atoms with Crippen molar-refractivity contribution >= 4 is 5.91 Å². The lowest BCUT2D eigenvalue weighted by atomic mass is 10.1. The molecule has 1 aliphatic heterocycles. The zero-order valence-electron chi connectivity index (χ0n) is 10.6. The second-order valence-corrected chi connectivity index (χ2v) is 4.33. The fraction of sp³-hybridized carbons (Fsp3) is 0.250. The number of carbonyl (C=O) groups is 1. The molecule has 0 unspecified atom stereocenters. The average molecular weight is 276 g/mol. The van der Waals surface area contributed by atoms with E-state index in [0.29, 0.717) is 22.9 Å². The fourth-order valence-electron chi connectivity index (χ4n) is 1.87. The first kappa shape index (κ1) is 12.3. The third-order valence-electron chi connectivity index (χ3n) is 2.91. The van der Waals surface area contributed by atoms with Crippen LogP contribution < -0.4 is 20.5 Å². The van der Waals surface area contributed by atoms with Crippen LogP contribution in [0.15, 0.2) is 23.0 Å². The molecule has 2 heterocycles. The summed E-state index contributed by atoms with van der Waals surface area (Å²) in [7, 11) is 0. The van der Waals surface area contributed by atoms with Crippen molar-refractivity contribution in [1.82, 2.24) is 20.5 Å². The van der Waals surface area contributed by atoms with Gasteiger partial charge in [0.1, 0.15) is 0 Å². The summed E-state index contributed by atoms with van der Waals surface area (Å²) < 4.78 is 10.4. The molecule has 0 spiro atoms. The summed E-state index contributed by atoms with van der Waals surface area (Å²) in [6, 6.07) is 4.51. The number of H-pyrrole nitrogens is 2. The molecule has 8 nitrogen and oxygen atoms in total.